The maximum Gasteiger partial charge on any atom is 0.410 e. The molecule has 2 N–H and O–H groups in total. The fraction of sp³-hybridized carbons (Fsp3) is 0.400. The number of pyridine rings is 1. The van der Waals surface area contributed by atoms with Gasteiger partial charge in [-0.3, -0.25) is 5.32 Å². The van der Waals surface area contributed by atoms with E-state index in [1.165, 1.54) is 0 Å². The molecule has 0 spiro atoms. The molecule has 0 aliphatic heterocycles. The molecule has 1 aromatic rings. The highest BCUT2D eigenvalue weighted by Crippen LogP contribution is 2.27. The van der Waals surface area contributed by atoms with E-state index in [-0.39, 0.29) is 5.41 Å². The average molecular weight is 194 g/mol. The van der Waals surface area contributed by atoms with E-state index in [9.17, 15) is 4.79 Å². The van der Waals surface area contributed by atoms with Crippen molar-refractivity contribution in [3.05, 3.63) is 23.9 Å². The summed E-state index contributed by atoms with van der Waals surface area (Å²) in [6.45, 7) is 6.03. The van der Waals surface area contributed by atoms with E-state index in [1.807, 2.05) is 26.8 Å². The van der Waals surface area contributed by atoms with Crippen LogP contribution in [-0.2, 0) is 5.41 Å². The van der Waals surface area contributed by atoms with Crippen LogP contribution in [-0.4, -0.2) is 16.2 Å². The van der Waals surface area contributed by atoms with Crippen molar-refractivity contribution < 1.29 is 9.90 Å². The van der Waals surface area contributed by atoms with Gasteiger partial charge in [-0.2, -0.15) is 0 Å². The molecule has 0 aromatic carbocycles. The van der Waals surface area contributed by atoms with Crippen LogP contribution in [0.3, 0.4) is 0 Å². The Bertz CT molecular complexity index is 342. The van der Waals surface area contributed by atoms with E-state index in [0.717, 1.165) is 5.56 Å². The number of hydrogen-bond donors (Lipinski definition) is 2. The zero-order valence-corrected chi connectivity index (χ0v) is 8.53. The number of nitrogens with one attached hydrogen (secondary N) is 1. The Hall–Kier alpha value is -1.58. The fourth-order valence-electron chi connectivity index (χ4n) is 1.21. The molecule has 0 saturated heterocycles. The van der Waals surface area contributed by atoms with Crippen LogP contribution < -0.4 is 5.32 Å². The van der Waals surface area contributed by atoms with Crippen molar-refractivity contribution in [2.24, 2.45) is 0 Å². The van der Waals surface area contributed by atoms with Crippen molar-refractivity contribution in [3.8, 4) is 0 Å². The molecule has 4 heteroatoms. The first-order valence-corrected chi connectivity index (χ1v) is 4.36. The van der Waals surface area contributed by atoms with E-state index in [0.29, 0.717) is 5.82 Å². The third-order valence-corrected chi connectivity index (χ3v) is 1.84. The van der Waals surface area contributed by atoms with Crippen LogP contribution in [0, 0.1) is 0 Å². The first-order chi connectivity index (χ1) is 6.41. The van der Waals surface area contributed by atoms with Gasteiger partial charge in [-0.05, 0) is 11.5 Å². The molecule has 0 bridgehead atoms. The molecule has 1 rings (SSSR count). The van der Waals surface area contributed by atoms with E-state index < -0.39 is 6.09 Å². The van der Waals surface area contributed by atoms with Crippen LogP contribution in [0.1, 0.15) is 26.3 Å². The number of hydrogen-bond acceptors (Lipinski definition) is 2. The van der Waals surface area contributed by atoms with Crippen LogP contribution in [0.2, 0.25) is 0 Å². The summed E-state index contributed by atoms with van der Waals surface area (Å²) in [6, 6.07) is 3.67. The van der Waals surface area contributed by atoms with Gasteiger partial charge in [-0.25, -0.2) is 9.78 Å². The van der Waals surface area contributed by atoms with Gasteiger partial charge in [-0.15, -0.1) is 0 Å². The lowest BCUT2D eigenvalue weighted by Crippen LogP contribution is -2.18. The number of anilines is 1. The van der Waals surface area contributed by atoms with Crippen LogP contribution in [0.15, 0.2) is 18.3 Å². The lowest BCUT2D eigenvalue weighted by atomic mass is 9.87. The van der Waals surface area contributed by atoms with Gasteiger partial charge in [0.1, 0.15) is 5.82 Å². The lowest BCUT2D eigenvalue weighted by Gasteiger charge is -2.21. The van der Waals surface area contributed by atoms with Gasteiger partial charge in [0.2, 0.25) is 0 Å². The predicted octanol–water partition coefficient (Wildman–Crippen LogP) is 2.47. The third-order valence-electron chi connectivity index (χ3n) is 1.84. The van der Waals surface area contributed by atoms with Crippen molar-refractivity contribution in [2.75, 3.05) is 5.32 Å². The molecule has 0 aliphatic carbocycles. The minimum atomic E-state index is -1.09. The summed E-state index contributed by atoms with van der Waals surface area (Å²) in [4.78, 5) is 14.5. The first-order valence-electron chi connectivity index (χ1n) is 4.36. The van der Waals surface area contributed by atoms with Gasteiger partial charge in [-0.1, -0.05) is 26.8 Å². The van der Waals surface area contributed by atoms with Crippen LogP contribution in [0.4, 0.5) is 10.6 Å². The smallest absolute Gasteiger partial charge is 0.410 e. The Labute approximate surface area is 83.0 Å². The summed E-state index contributed by atoms with van der Waals surface area (Å²) in [5.74, 6) is 0.410. The van der Waals surface area contributed by atoms with E-state index in [2.05, 4.69) is 10.3 Å². The Morgan fingerprint density at radius 2 is 2.14 bits per heavy atom. The Kier molecular flexibility index (Phi) is 2.74. The second-order valence-electron chi connectivity index (χ2n) is 4.08. The number of nitrogens with zero attached hydrogens (tertiary/aromatic N) is 1. The van der Waals surface area contributed by atoms with Crippen molar-refractivity contribution in [1.29, 1.82) is 0 Å². The predicted molar refractivity (Wildman–Crippen MR) is 54.6 cm³/mol. The second-order valence-corrected chi connectivity index (χ2v) is 4.08. The van der Waals surface area contributed by atoms with Crippen molar-refractivity contribution in [2.45, 2.75) is 26.2 Å². The summed E-state index contributed by atoms with van der Waals surface area (Å²) >= 11 is 0. The Balaban J connectivity index is 3.10. The summed E-state index contributed by atoms with van der Waals surface area (Å²) in [6.07, 6.45) is 0.481. The standard InChI is InChI=1S/C10H14N2O2/c1-10(2,3)7-5-4-6-11-8(7)12-9(13)14/h4-6H,1-3H3,(H,11,12)(H,13,14). The summed E-state index contributed by atoms with van der Waals surface area (Å²) < 4.78 is 0. The van der Waals surface area contributed by atoms with Crippen molar-refractivity contribution in [3.63, 3.8) is 0 Å². The Morgan fingerprint density at radius 3 is 2.64 bits per heavy atom. The fourth-order valence-corrected chi connectivity index (χ4v) is 1.21. The average Bonchev–Trinajstić information content (AvgIpc) is 2.01. The molecule has 0 saturated carbocycles. The quantitative estimate of drug-likeness (QED) is 0.721. The summed E-state index contributed by atoms with van der Waals surface area (Å²) in [5, 5.41) is 10.9. The SMILES string of the molecule is CC(C)(C)c1cccnc1NC(=O)O. The number of carbonyl (C=O) groups is 1. The normalized spacial score (nSPS) is 11.1. The lowest BCUT2D eigenvalue weighted by molar-refractivity contribution is 0.209. The maximum atomic E-state index is 10.5. The molecule has 0 aliphatic rings. The van der Waals surface area contributed by atoms with Gasteiger partial charge in [0.25, 0.3) is 0 Å². The highest BCUT2D eigenvalue weighted by atomic mass is 16.4. The molecule has 76 valence electrons. The molecular formula is C10H14N2O2. The van der Waals surface area contributed by atoms with E-state index >= 15 is 0 Å². The van der Waals surface area contributed by atoms with Gasteiger partial charge in [0.05, 0.1) is 0 Å². The Morgan fingerprint density at radius 1 is 1.50 bits per heavy atom. The second kappa shape index (κ2) is 3.65. The largest absolute Gasteiger partial charge is 0.465 e. The molecule has 0 atom stereocenters. The third kappa shape index (κ3) is 2.45. The molecule has 1 amide bonds. The van der Waals surface area contributed by atoms with Crippen molar-refractivity contribution >= 4 is 11.9 Å². The zero-order chi connectivity index (χ0) is 10.8. The summed E-state index contributed by atoms with van der Waals surface area (Å²) in [5.41, 5.74) is 0.772. The molecule has 0 unspecified atom stereocenters. The van der Waals surface area contributed by atoms with Gasteiger partial charge in [0, 0.05) is 11.8 Å². The number of aromatic nitrogens is 1. The van der Waals surface area contributed by atoms with Gasteiger partial charge in [0.15, 0.2) is 0 Å². The molecule has 0 radical (unpaired) electrons. The number of amides is 1. The molecule has 0 fully saturated rings. The number of rotatable bonds is 1. The minimum Gasteiger partial charge on any atom is -0.465 e. The molecule has 14 heavy (non-hydrogen) atoms. The highest BCUT2D eigenvalue weighted by Gasteiger charge is 2.19. The van der Waals surface area contributed by atoms with Gasteiger partial charge < -0.3 is 5.11 Å². The zero-order valence-electron chi connectivity index (χ0n) is 8.53. The van der Waals surface area contributed by atoms with E-state index in [1.54, 1.807) is 12.3 Å². The maximum absolute atomic E-state index is 10.5. The minimum absolute atomic E-state index is 0.119. The molecule has 1 aromatic heterocycles. The van der Waals surface area contributed by atoms with Crippen molar-refractivity contribution in [1.82, 2.24) is 4.98 Å². The van der Waals surface area contributed by atoms with Crippen LogP contribution in [0.25, 0.3) is 0 Å². The molecule has 4 nitrogen and oxygen atoms in total. The van der Waals surface area contributed by atoms with E-state index in [4.69, 9.17) is 5.11 Å². The van der Waals surface area contributed by atoms with Gasteiger partial charge >= 0.3 is 6.09 Å². The monoisotopic (exact) mass is 194 g/mol. The number of carboxylic acid groups (broad SMARTS) is 1. The van der Waals surface area contributed by atoms with Crippen LogP contribution in [0.5, 0.6) is 0 Å². The molecule has 1 heterocycles. The first kappa shape index (κ1) is 10.5. The molecular weight excluding hydrogens is 180 g/mol. The topological polar surface area (TPSA) is 62.2 Å². The highest BCUT2D eigenvalue weighted by molar-refractivity contribution is 5.82. The summed E-state index contributed by atoms with van der Waals surface area (Å²) in [7, 11) is 0. The van der Waals surface area contributed by atoms with Crippen LogP contribution >= 0.6 is 0 Å².